The second-order valence-corrected chi connectivity index (χ2v) is 4.43. The second kappa shape index (κ2) is 11.1. The summed E-state index contributed by atoms with van der Waals surface area (Å²) >= 11 is 0. The van der Waals surface area contributed by atoms with Crippen molar-refractivity contribution in [3.8, 4) is 0 Å². The van der Waals surface area contributed by atoms with Crippen LogP contribution in [0, 0.1) is 0 Å². The standard InChI is InChI=1S/C15H21NO4.ClH/c1-2-20-15(19)13(16-11-10-14(17)18)9-8-12-6-4-3-5-7-12;/h3-7,13,16H,2,8-11H2,1H3,(H,17,18);1H. The Hall–Kier alpha value is -1.59. The molecule has 0 aliphatic heterocycles. The van der Waals surface area contributed by atoms with E-state index < -0.39 is 12.0 Å². The predicted octanol–water partition coefficient (Wildman–Crippen LogP) is 2.04. The molecule has 1 aromatic rings. The Balaban J connectivity index is 0.00000400. The number of carboxylic acid groups (broad SMARTS) is 1. The zero-order valence-electron chi connectivity index (χ0n) is 12.1. The largest absolute Gasteiger partial charge is 0.481 e. The lowest BCUT2D eigenvalue weighted by Crippen LogP contribution is -2.39. The molecule has 0 amide bonds. The molecule has 21 heavy (non-hydrogen) atoms. The van der Waals surface area contributed by atoms with Gasteiger partial charge in [-0.1, -0.05) is 30.3 Å². The van der Waals surface area contributed by atoms with Crippen LogP contribution < -0.4 is 5.32 Å². The lowest BCUT2D eigenvalue weighted by atomic mass is 10.1. The van der Waals surface area contributed by atoms with Gasteiger partial charge in [0.2, 0.25) is 0 Å². The van der Waals surface area contributed by atoms with Crippen LogP contribution in [0.3, 0.4) is 0 Å². The third-order valence-electron chi connectivity index (χ3n) is 2.87. The third-order valence-corrected chi connectivity index (χ3v) is 2.87. The van der Waals surface area contributed by atoms with Crippen LogP contribution in [0.25, 0.3) is 0 Å². The quantitative estimate of drug-likeness (QED) is 0.682. The number of aliphatic carboxylic acids is 1. The van der Waals surface area contributed by atoms with Crippen LogP contribution in [-0.4, -0.2) is 36.2 Å². The van der Waals surface area contributed by atoms with Crippen molar-refractivity contribution < 1.29 is 19.4 Å². The summed E-state index contributed by atoms with van der Waals surface area (Å²) in [7, 11) is 0. The zero-order valence-corrected chi connectivity index (χ0v) is 12.9. The minimum atomic E-state index is -0.886. The molecule has 0 aliphatic carbocycles. The minimum absolute atomic E-state index is 0. The lowest BCUT2D eigenvalue weighted by molar-refractivity contribution is -0.146. The maximum Gasteiger partial charge on any atom is 0.323 e. The van der Waals surface area contributed by atoms with Gasteiger partial charge in [0, 0.05) is 6.54 Å². The van der Waals surface area contributed by atoms with Gasteiger partial charge in [0.05, 0.1) is 13.0 Å². The molecular weight excluding hydrogens is 294 g/mol. The van der Waals surface area contributed by atoms with Gasteiger partial charge in [0.15, 0.2) is 0 Å². The van der Waals surface area contributed by atoms with Crippen molar-refractivity contribution >= 4 is 24.3 Å². The van der Waals surface area contributed by atoms with E-state index >= 15 is 0 Å². The van der Waals surface area contributed by atoms with Crippen LogP contribution in [-0.2, 0) is 20.7 Å². The Morgan fingerprint density at radius 2 is 1.95 bits per heavy atom. The number of carboxylic acids is 1. The first-order chi connectivity index (χ1) is 9.63. The van der Waals surface area contributed by atoms with Crippen LogP contribution >= 0.6 is 12.4 Å². The average Bonchev–Trinajstić information content (AvgIpc) is 2.43. The maximum absolute atomic E-state index is 11.8. The first kappa shape index (κ1) is 19.4. The van der Waals surface area contributed by atoms with Crippen molar-refractivity contribution in [2.24, 2.45) is 0 Å². The van der Waals surface area contributed by atoms with E-state index in [0.717, 1.165) is 12.0 Å². The molecule has 1 rings (SSSR count). The van der Waals surface area contributed by atoms with Gasteiger partial charge < -0.3 is 15.2 Å². The number of rotatable bonds is 9. The number of hydrogen-bond donors (Lipinski definition) is 2. The van der Waals surface area contributed by atoms with Crippen molar-refractivity contribution in [1.29, 1.82) is 0 Å². The highest BCUT2D eigenvalue weighted by molar-refractivity contribution is 5.85. The number of carbonyl (C=O) groups is 2. The molecule has 0 aromatic heterocycles. The van der Waals surface area contributed by atoms with Gasteiger partial charge in [0.1, 0.15) is 6.04 Å². The smallest absolute Gasteiger partial charge is 0.323 e. The molecule has 0 spiro atoms. The van der Waals surface area contributed by atoms with Gasteiger partial charge in [0.25, 0.3) is 0 Å². The molecule has 0 aliphatic rings. The molecule has 0 radical (unpaired) electrons. The van der Waals surface area contributed by atoms with E-state index in [1.54, 1.807) is 6.92 Å². The normalized spacial score (nSPS) is 11.3. The minimum Gasteiger partial charge on any atom is -0.481 e. The van der Waals surface area contributed by atoms with E-state index in [1.165, 1.54) is 0 Å². The van der Waals surface area contributed by atoms with E-state index in [4.69, 9.17) is 9.84 Å². The number of esters is 1. The number of benzene rings is 1. The SMILES string of the molecule is CCOC(=O)C(CCc1ccccc1)NCCC(=O)O.Cl. The molecule has 1 atom stereocenters. The van der Waals surface area contributed by atoms with Crippen LogP contribution in [0.4, 0.5) is 0 Å². The van der Waals surface area contributed by atoms with Gasteiger partial charge in [-0.15, -0.1) is 12.4 Å². The molecular formula is C15H22ClNO4. The molecule has 5 nitrogen and oxygen atoms in total. The molecule has 1 aromatic carbocycles. The third kappa shape index (κ3) is 8.32. The summed E-state index contributed by atoms with van der Waals surface area (Å²) in [6, 6.07) is 9.38. The number of carbonyl (C=O) groups excluding carboxylic acids is 1. The first-order valence-corrected chi connectivity index (χ1v) is 6.79. The van der Waals surface area contributed by atoms with Crippen LogP contribution in [0.2, 0.25) is 0 Å². The van der Waals surface area contributed by atoms with Gasteiger partial charge in [-0.05, 0) is 25.3 Å². The Labute approximate surface area is 131 Å². The molecule has 0 fully saturated rings. The fraction of sp³-hybridized carbons (Fsp3) is 0.467. The van der Waals surface area contributed by atoms with E-state index in [9.17, 15) is 9.59 Å². The van der Waals surface area contributed by atoms with Crippen molar-refractivity contribution in [3.05, 3.63) is 35.9 Å². The monoisotopic (exact) mass is 315 g/mol. The summed E-state index contributed by atoms with van der Waals surface area (Å²) < 4.78 is 5.00. The highest BCUT2D eigenvalue weighted by Gasteiger charge is 2.19. The number of nitrogens with one attached hydrogen (secondary N) is 1. The summed E-state index contributed by atoms with van der Waals surface area (Å²) in [6.07, 6.45) is 1.31. The number of ether oxygens (including phenoxy) is 1. The van der Waals surface area contributed by atoms with Crippen molar-refractivity contribution in [2.45, 2.75) is 32.2 Å². The Morgan fingerprint density at radius 1 is 1.29 bits per heavy atom. The van der Waals surface area contributed by atoms with Crippen molar-refractivity contribution in [3.63, 3.8) is 0 Å². The van der Waals surface area contributed by atoms with Gasteiger partial charge >= 0.3 is 11.9 Å². The Bertz CT molecular complexity index is 425. The van der Waals surface area contributed by atoms with E-state index in [-0.39, 0.29) is 31.3 Å². The number of halogens is 1. The molecule has 118 valence electrons. The van der Waals surface area contributed by atoms with Crippen molar-refractivity contribution in [2.75, 3.05) is 13.2 Å². The molecule has 0 heterocycles. The molecule has 1 unspecified atom stereocenters. The predicted molar refractivity (Wildman–Crippen MR) is 82.7 cm³/mol. The van der Waals surface area contributed by atoms with Gasteiger partial charge in [-0.3, -0.25) is 9.59 Å². The fourth-order valence-corrected chi connectivity index (χ4v) is 1.86. The van der Waals surface area contributed by atoms with Crippen LogP contribution in [0.15, 0.2) is 30.3 Å². The average molecular weight is 316 g/mol. The maximum atomic E-state index is 11.8. The summed E-state index contributed by atoms with van der Waals surface area (Å²) in [4.78, 5) is 22.3. The molecule has 2 N–H and O–H groups in total. The second-order valence-electron chi connectivity index (χ2n) is 4.43. The van der Waals surface area contributed by atoms with E-state index in [1.807, 2.05) is 30.3 Å². The van der Waals surface area contributed by atoms with Gasteiger partial charge in [-0.2, -0.15) is 0 Å². The molecule has 0 saturated carbocycles. The summed E-state index contributed by atoms with van der Waals surface area (Å²) in [5.74, 6) is -1.21. The highest BCUT2D eigenvalue weighted by atomic mass is 35.5. The van der Waals surface area contributed by atoms with Crippen molar-refractivity contribution in [1.82, 2.24) is 5.32 Å². The topological polar surface area (TPSA) is 75.6 Å². The van der Waals surface area contributed by atoms with Gasteiger partial charge in [-0.25, -0.2) is 0 Å². The Kier molecular flexibility index (Phi) is 10.3. The highest BCUT2D eigenvalue weighted by Crippen LogP contribution is 2.06. The summed E-state index contributed by atoms with van der Waals surface area (Å²) in [5, 5.41) is 11.6. The lowest BCUT2D eigenvalue weighted by Gasteiger charge is -2.16. The molecule has 0 saturated heterocycles. The number of hydrogen-bond acceptors (Lipinski definition) is 4. The number of aryl methyl sites for hydroxylation is 1. The zero-order chi connectivity index (χ0) is 14.8. The van der Waals surface area contributed by atoms with E-state index in [0.29, 0.717) is 13.0 Å². The summed E-state index contributed by atoms with van der Waals surface area (Å²) in [5.41, 5.74) is 1.14. The van der Waals surface area contributed by atoms with Crippen LogP contribution in [0.5, 0.6) is 0 Å². The molecule has 0 bridgehead atoms. The first-order valence-electron chi connectivity index (χ1n) is 6.79. The Morgan fingerprint density at radius 3 is 2.52 bits per heavy atom. The van der Waals surface area contributed by atoms with E-state index in [2.05, 4.69) is 5.32 Å². The summed E-state index contributed by atoms with van der Waals surface area (Å²) in [6.45, 7) is 2.33. The fourth-order valence-electron chi connectivity index (χ4n) is 1.86. The van der Waals surface area contributed by atoms with Crippen LogP contribution in [0.1, 0.15) is 25.3 Å². The molecule has 6 heteroatoms.